The van der Waals surface area contributed by atoms with E-state index >= 15 is 0 Å². The molecule has 0 radical (unpaired) electrons. The minimum atomic E-state index is -3.36. The molecule has 2 aromatic carbocycles. The van der Waals surface area contributed by atoms with Crippen LogP contribution < -0.4 is 4.74 Å². The zero-order chi connectivity index (χ0) is 26.9. The predicted octanol–water partition coefficient (Wildman–Crippen LogP) is 5.30. The lowest BCUT2D eigenvalue weighted by Crippen LogP contribution is -2.33. The lowest BCUT2D eigenvalue weighted by atomic mass is 9.99. The van der Waals surface area contributed by atoms with Gasteiger partial charge in [0.15, 0.2) is 9.84 Å². The van der Waals surface area contributed by atoms with Crippen LogP contribution in [0.3, 0.4) is 0 Å². The molecular formula is C27H28ClF2N3O4S. The first kappa shape index (κ1) is 26.8. The fourth-order valence-corrected chi connectivity index (χ4v) is 6.57. The minimum absolute atomic E-state index is 0.174. The summed E-state index contributed by atoms with van der Waals surface area (Å²) in [4.78, 5) is 9.52. The van der Waals surface area contributed by atoms with Crippen molar-refractivity contribution in [1.82, 2.24) is 14.9 Å². The van der Waals surface area contributed by atoms with Crippen LogP contribution in [0.4, 0.5) is 8.78 Å². The largest absolute Gasteiger partial charge is 0.491 e. The second kappa shape index (κ2) is 11.1. The van der Waals surface area contributed by atoms with Gasteiger partial charge in [-0.3, -0.25) is 4.90 Å². The van der Waals surface area contributed by atoms with Gasteiger partial charge in [0.1, 0.15) is 11.4 Å². The summed E-state index contributed by atoms with van der Waals surface area (Å²) in [5.74, 6) is 0.558. The summed E-state index contributed by atoms with van der Waals surface area (Å²) in [5.41, 5.74) is 2.84. The number of alkyl halides is 2. The monoisotopic (exact) mass is 563 g/mol. The molecule has 1 aliphatic rings. The molecule has 2 aromatic heterocycles. The summed E-state index contributed by atoms with van der Waals surface area (Å²) in [5, 5.41) is 10.9. The molecule has 0 saturated heterocycles. The van der Waals surface area contributed by atoms with Crippen molar-refractivity contribution in [3.63, 3.8) is 0 Å². The molecule has 0 bridgehead atoms. The molecule has 2 N–H and O–H groups in total. The van der Waals surface area contributed by atoms with E-state index in [0.29, 0.717) is 52.6 Å². The van der Waals surface area contributed by atoms with Crippen molar-refractivity contribution in [2.75, 3.05) is 32.8 Å². The molecule has 5 rings (SSSR count). The number of hydrogen-bond acceptors (Lipinski definition) is 6. The van der Waals surface area contributed by atoms with E-state index in [2.05, 4.69) is 9.97 Å². The number of aromatic amines is 1. The third-order valence-electron chi connectivity index (χ3n) is 6.66. The van der Waals surface area contributed by atoms with Crippen molar-refractivity contribution in [2.45, 2.75) is 35.8 Å². The summed E-state index contributed by atoms with van der Waals surface area (Å²) < 4.78 is 57.4. The fraction of sp³-hybridized carbons (Fsp3) is 0.370. The summed E-state index contributed by atoms with van der Waals surface area (Å²) in [7, 11) is -3.36. The molecule has 11 heteroatoms. The number of aliphatic hydroxyl groups is 1. The van der Waals surface area contributed by atoms with Crippen molar-refractivity contribution in [2.24, 2.45) is 0 Å². The first-order valence-electron chi connectivity index (χ1n) is 12.5. The Bertz CT molecular complexity index is 1560. The van der Waals surface area contributed by atoms with Crippen molar-refractivity contribution in [1.29, 1.82) is 0 Å². The molecule has 0 aliphatic heterocycles. The number of benzene rings is 2. The van der Waals surface area contributed by atoms with Gasteiger partial charge in [0.05, 0.1) is 40.4 Å². The van der Waals surface area contributed by atoms with Crippen molar-refractivity contribution < 1.29 is 27.0 Å². The average Bonchev–Trinajstić information content (AvgIpc) is 3.69. The van der Waals surface area contributed by atoms with Crippen LogP contribution in [-0.4, -0.2) is 72.9 Å². The Morgan fingerprint density at radius 2 is 2.00 bits per heavy atom. The highest BCUT2D eigenvalue weighted by Gasteiger charge is 2.37. The van der Waals surface area contributed by atoms with E-state index in [-0.39, 0.29) is 25.0 Å². The number of rotatable bonds is 12. The number of aliphatic hydroxyl groups excluding tert-OH is 1. The van der Waals surface area contributed by atoms with Gasteiger partial charge in [-0.1, -0.05) is 23.7 Å². The highest BCUT2D eigenvalue weighted by atomic mass is 35.5. The number of aromatic nitrogens is 2. The van der Waals surface area contributed by atoms with Gasteiger partial charge < -0.3 is 14.8 Å². The summed E-state index contributed by atoms with van der Waals surface area (Å²) in [6, 6.07) is 12.4. The standard InChI is InChI=1S/C27H28ClF2N3O4S/c28-18-14-22-25-21(17-3-1-4-20(13-17)38(35,36)19-5-6-19)7-8-23(26(25)32-27(22)31-15-18)37-12-2-9-33(10-11-34)16-24(29)30/h1,3-4,7-8,13-15,19,24,34H,2,5-6,9-12,16H2,(H,31,32). The second-order valence-corrected chi connectivity index (χ2v) is 12.1. The number of halogens is 3. The number of hydrogen-bond donors (Lipinski definition) is 2. The highest BCUT2D eigenvalue weighted by molar-refractivity contribution is 7.92. The maximum atomic E-state index is 12.9. The smallest absolute Gasteiger partial charge is 0.251 e. The maximum Gasteiger partial charge on any atom is 0.251 e. The van der Waals surface area contributed by atoms with Crippen LogP contribution in [0.15, 0.2) is 53.6 Å². The predicted molar refractivity (Wildman–Crippen MR) is 144 cm³/mol. The maximum absolute atomic E-state index is 12.9. The molecule has 38 heavy (non-hydrogen) atoms. The van der Waals surface area contributed by atoms with Gasteiger partial charge in [0.25, 0.3) is 6.43 Å². The zero-order valence-electron chi connectivity index (χ0n) is 20.5. The Hall–Kier alpha value is -2.79. The molecule has 7 nitrogen and oxygen atoms in total. The number of nitrogens with one attached hydrogen (secondary N) is 1. The molecule has 0 atom stereocenters. The van der Waals surface area contributed by atoms with E-state index in [1.165, 1.54) is 4.90 Å². The normalized spacial score (nSPS) is 14.3. The number of sulfone groups is 1. The fourth-order valence-electron chi connectivity index (χ4n) is 4.71. The lowest BCUT2D eigenvalue weighted by molar-refractivity contribution is 0.0755. The highest BCUT2D eigenvalue weighted by Crippen LogP contribution is 2.41. The Balaban J connectivity index is 1.48. The quantitative estimate of drug-likeness (QED) is 0.227. The van der Waals surface area contributed by atoms with E-state index in [9.17, 15) is 17.2 Å². The Labute approximate surface area is 224 Å². The second-order valence-electron chi connectivity index (χ2n) is 9.43. The van der Waals surface area contributed by atoms with Gasteiger partial charge in [-0.05, 0) is 60.7 Å². The summed E-state index contributed by atoms with van der Waals surface area (Å²) in [6.45, 7) is 0.219. The van der Waals surface area contributed by atoms with Crippen molar-refractivity contribution in [3.8, 4) is 16.9 Å². The van der Waals surface area contributed by atoms with Gasteiger partial charge in [-0.2, -0.15) is 0 Å². The van der Waals surface area contributed by atoms with E-state index in [1.54, 1.807) is 36.5 Å². The number of ether oxygens (including phenoxy) is 1. The number of fused-ring (bicyclic) bond motifs is 3. The van der Waals surface area contributed by atoms with E-state index in [4.69, 9.17) is 21.4 Å². The molecular weight excluding hydrogens is 536 g/mol. The molecule has 4 aromatic rings. The Kier molecular flexibility index (Phi) is 7.85. The Morgan fingerprint density at radius 3 is 2.74 bits per heavy atom. The third-order valence-corrected chi connectivity index (χ3v) is 9.13. The third kappa shape index (κ3) is 5.63. The first-order chi connectivity index (χ1) is 18.3. The molecule has 1 fully saturated rings. The van der Waals surface area contributed by atoms with Crippen LogP contribution >= 0.6 is 11.6 Å². The first-order valence-corrected chi connectivity index (χ1v) is 14.4. The number of nitrogens with zero attached hydrogens (tertiary/aromatic N) is 2. The summed E-state index contributed by atoms with van der Waals surface area (Å²) >= 11 is 6.27. The van der Waals surface area contributed by atoms with E-state index < -0.39 is 22.8 Å². The van der Waals surface area contributed by atoms with Crippen LogP contribution in [0, 0.1) is 0 Å². The number of pyridine rings is 1. The van der Waals surface area contributed by atoms with Gasteiger partial charge in [0.2, 0.25) is 0 Å². The molecule has 2 heterocycles. The zero-order valence-corrected chi connectivity index (χ0v) is 22.1. The van der Waals surface area contributed by atoms with Gasteiger partial charge >= 0.3 is 0 Å². The van der Waals surface area contributed by atoms with E-state index in [1.807, 2.05) is 12.1 Å². The van der Waals surface area contributed by atoms with Crippen molar-refractivity contribution in [3.05, 3.63) is 53.7 Å². The molecule has 202 valence electrons. The van der Waals surface area contributed by atoms with Gasteiger partial charge in [-0.25, -0.2) is 22.2 Å². The molecule has 0 spiro atoms. The van der Waals surface area contributed by atoms with Crippen LogP contribution in [0.1, 0.15) is 19.3 Å². The molecule has 0 amide bonds. The average molecular weight is 564 g/mol. The van der Waals surface area contributed by atoms with Crippen LogP contribution in [0.5, 0.6) is 5.75 Å². The van der Waals surface area contributed by atoms with Crippen LogP contribution in [0.2, 0.25) is 5.02 Å². The van der Waals surface area contributed by atoms with Crippen LogP contribution in [-0.2, 0) is 9.84 Å². The van der Waals surface area contributed by atoms with Gasteiger partial charge in [0, 0.05) is 30.1 Å². The SMILES string of the molecule is O=S(=O)(c1cccc(-c2ccc(OCCCN(CCO)CC(F)F)c3[nH]c4ncc(Cl)cc4c23)c1)C1CC1. The molecule has 1 saturated carbocycles. The summed E-state index contributed by atoms with van der Waals surface area (Å²) in [6.07, 6.45) is 0.936. The number of H-pyrrole nitrogens is 1. The molecule has 0 unspecified atom stereocenters. The van der Waals surface area contributed by atoms with E-state index in [0.717, 1.165) is 21.9 Å². The minimum Gasteiger partial charge on any atom is -0.491 e. The van der Waals surface area contributed by atoms with Crippen molar-refractivity contribution >= 4 is 43.4 Å². The topological polar surface area (TPSA) is 95.5 Å². The molecule has 1 aliphatic carbocycles. The Morgan fingerprint density at radius 1 is 1.18 bits per heavy atom. The lowest BCUT2D eigenvalue weighted by Gasteiger charge is -2.20. The van der Waals surface area contributed by atoms with Gasteiger partial charge in [-0.15, -0.1) is 0 Å². The van der Waals surface area contributed by atoms with Crippen LogP contribution in [0.25, 0.3) is 33.1 Å².